The van der Waals surface area contributed by atoms with E-state index in [-0.39, 0.29) is 5.91 Å². The third kappa shape index (κ3) is 4.22. The molecule has 128 valence electrons. The molecule has 0 spiro atoms. The summed E-state index contributed by atoms with van der Waals surface area (Å²) >= 11 is 6.00. The lowest BCUT2D eigenvalue weighted by molar-refractivity contribution is -0.115. The summed E-state index contributed by atoms with van der Waals surface area (Å²) in [5, 5.41) is 8.91. The summed E-state index contributed by atoms with van der Waals surface area (Å²) in [6.45, 7) is 0.479. The molecule has 0 aliphatic heterocycles. The molecule has 0 heterocycles. The van der Waals surface area contributed by atoms with Gasteiger partial charge < -0.3 is 15.4 Å². The molecule has 2 N–H and O–H groups in total. The molecular weight excluding hydrogens is 336 g/mol. The van der Waals surface area contributed by atoms with Crippen LogP contribution in [0.1, 0.15) is 6.42 Å². The summed E-state index contributed by atoms with van der Waals surface area (Å²) in [6.07, 6.45) is 0.332. The smallest absolute Gasteiger partial charge is 0.226 e. The maximum atomic E-state index is 12.3. The first-order valence-electron chi connectivity index (χ1n) is 8.02. The number of methoxy groups -OCH3 is 1. The molecule has 0 saturated carbocycles. The number of halogens is 1. The molecule has 1 amide bonds. The van der Waals surface area contributed by atoms with Crippen molar-refractivity contribution in [3.8, 4) is 5.75 Å². The summed E-state index contributed by atoms with van der Waals surface area (Å²) < 4.78 is 5.28. The number of anilines is 2. The number of carbonyl (C=O) groups is 1. The lowest BCUT2D eigenvalue weighted by Crippen LogP contribution is -2.16. The van der Waals surface area contributed by atoms with E-state index in [1.165, 1.54) is 0 Å². The van der Waals surface area contributed by atoms with Gasteiger partial charge in [-0.15, -0.1) is 0 Å². The first kappa shape index (κ1) is 17.1. The van der Waals surface area contributed by atoms with Crippen molar-refractivity contribution in [1.29, 1.82) is 0 Å². The van der Waals surface area contributed by atoms with Gasteiger partial charge >= 0.3 is 0 Å². The van der Waals surface area contributed by atoms with E-state index in [1.807, 2.05) is 42.5 Å². The van der Waals surface area contributed by atoms with Crippen LogP contribution < -0.4 is 15.4 Å². The Bertz CT molecular complexity index is 891. The van der Waals surface area contributed by atoms with E-state index in [2.05, 4.69) is 10.6 Å². The van der Waals surface area contributed by atoms with Crippen LogP contribution in [0.3, 0.4) is 0 Å². The molecule has 5 heteroatoms. The molecule has 0 radical (unpaired) electrons. The Morgan fingerprint density at radius 1 is 1.04 bits per heavy atom. The Labute approximate surface area is 151 Å². The number of hydrogen-bond acceptors (Lipinski definition) is 3. The van der Waals surface area contributed by atoms with Crippen LogP contribution in [-0.2, 0) is 4.79 Å². The van der Waals surface area contributed by atoms with Gasteiger partial charge in [-0.2, -0.15) is 0 Å². The van der Waals surface area contributed by atoms with Crippen LogP contribution >= 0.6 is 11.6 Å². The fourth-order valence-electron chi connectivity index (χ4n) is 2.68. The van der Waals surface area contributed by atoms with Crippen molar-refractivity contribution in [2.45, 2.75) is 6.42 Å². The first-order chi connectivity index (χ1) is 12.2. The van der Waals surface area contributed by atoms with E-state index >= 15 is 0 Å². The lowest BCUT2D eigenvalue weighted by Gasteiger charge is -2.12. The Balaban J connectivity index is 1.61. The van der Waals surface area contributed by atoms with Crippen LogP contribution in [0.4, 0.5) is 11.4 Å². The average Bonchev–Trinajstić information content (AvgIpc) is 2.62. The van der Waals surface area contributed by atoms with Gasteiger partial charge in [-0.3, -0.25) is 4.79 Å². The van der Waals surface area contributed by atoms with Gasteiger partial charge in [-0.1, -0.05) is 48.0 Å². The summed E-state index contributed by atoms with van der Waals surface area (Å²) in [6, 6.07) is 19.2. The van der Waals surface area contributed by atoms with Crippen molar-refractivity contribution in [2.75, 3.05) is 24.3 Å². The number of carbonyl (C=O) groups excluding carboxylic acids is 1. The van der Waals surface area contributed by atoms with Crippen molar-refractivity contribution in [3.05, 3.63) is 65.7 Å². The van der Waals surface area contributed by atoms with Gasteiger partial charge in [0.15, 0.2) is 0 Å². The molecule has 25 heavy (non-hydrogen) atoms. The van der Waals surface area contributed by atoms with Crippen LogP contribution in [0.5, 0.6) is 5.75 Å². The van der Waals surface area contributed by atoms with E-state index in [0.717, 1.165) is 22.1 Å². The quantitative estimate of drug-likeness (QED) is 0.659. The Kier molecular flexibility index (Phi) is 5.41. The standard InChI is InChI=1S/C20H19ClN2O2/c1-25-19-10-9-15(21)13-18(19)22-12-11-20(24)23-17-8-4-6-14-5-2-3-7-16(14)17/h2-10,13,22H,11-12H2,1H3,(H,23,24). The molecule has 3 aromatic rings. The van der Waals surface area contributed by atoms with Gasteiger partial charge in [-0.25, -0.2) is 0 Å². The minimum atomic E-state index is -0.0511. The molecular formula is C20H19ClN2O2. The first-order valence-corrected chi connectivity index (χ1v) is 8.40. The molecule has 0 unspecified atom stereocenters. The van der Waals surface area contributed by atoms with Crippen molar-refractivity contribution < 1.29 is 9.53 Å². The molecule has 0 aliphatic carbocycles. The van der Waals surface area contributed by atoms with Gasteiger partial charge in [-0.05, 0) is 29.7 Å². The third-order valence-corrected chi connectivity index (χ3v) is 4.13. The Morgan fingerprint density at radius 3 is 2.68 bits per heavy atom. The predicted molar refractivity (Wildman–Crippen MR) is 104 cm³/mol. The maximum absolute atomic E-state index is 12.3. The number of hydrogen-bond donors (Lipinski definition) is 2. The van der Waals surface area contributed by atoms with Crippen molar-refractivity contribution in [2.24, 2.45) is 0 Å². The summed E-state index contributed by atoms with van der Waals surface area (Å²) in [4.78, 5) is 12.3. The number of rotatable bonds is 6. The highest BCUT2D eigenvalue weighted by molar-refractivity contribution is 6.30. The predicted octanol–water partition coefficient (Wildman–Crippen LogP) is 4.94. The van der Waals surface area contributed by atoms with Crippen molar-refractivity contribution in [3.63, 3.8) is 0 Å². The third-order valence-electron chi connectivity index (χ3n) is 3.89. The number of amides is 1. The van der Waals surface area contributed by atoms with E-state index in [4.69, 9.17) is 16.3 Å². The fraction of sp³-hybridized carbons (Fsp3) is 0.150. The van der Waals surface area contributed by atoms with Crippen LogP contribution in [0.2, 0.25) is 5.02 Å². The highest BCUT2D eigenvalue weighted by atomic mass is 35.5. The molecule has 4 nitrogen and oxygen atoms in total. The largest absolute Gasteiger partial charge is 0.495 e. The molecule has 0 aromatic heterocycles. The van der Waals surface area contributed by atoms with Crippen molar-refractivity contribution in [1.82, 2.24) is 0 Å². The van der Waals surface area contributed by atoms with Crippen LogP contribution in [-0.4, -0.2) is 19.6 Å². The summed E-state index contributed by atoms with van der Waals surface area (Å²) in [7, 11) is 1.60. The highest BCUT2D eigenvalue weighted by Crippen LogP contribution is 2.27. The fourth-order valence-corrected chi connectivity index (χ4v) is 2.85. The highest BCUT2D eigenvalue weighted by Gasteiger charge is 2.07. The number of ether oxygens (including phenoxy) is 1. The van der Waals surface area contributed by atoms with Crippen LogP contribution in [0, 0.1) is 0 Å². The van der Waals surface area contributed by atoms with Gasteiger partial charge in [0.25, 0.3) is 0 Å². The summed E-state index contributed by atoms with van der Waals surface area (Å²) in [5.41, 5.74) is 1.59. The second-order valence-electron chi connectivity index (χ2n) is 5.60. The SMILES string of the molecule is COc1ccc(Cl)cc1NCCC(=O)Nc1cccc2ccccc12. The monoisotopic (exact) mass is 354 g/mol. The molecule has 0 aliphatic rings. The molecule has 0 atom stereocenters. The van der Waals surface area contributed by atoms with Crippen LogP contribution in [0.25, 0.3) is 10.8 Å². The number of fused-ring (bicyclic) bond motifs is 1. The zero-order valence-corrected chi connectivity index (χ0v) is 14.6. The summed E-state index contributed by atoms with van der Waals surface area (Å²) in [5.74, 6) is 0.642. The molecule has 0 bridgehead atoms. The Hall–Kier alpha value is -2.72. The molecule has 0 fully saturated rings. The normalized spacial score (nSPS) is 10.5. The van der Waals surface area contributed by atoms with Gasteiger partial charge in [0.1, 0.15) is 5.75 Å². The lowest BCUT2D eigenvalue weighted by atomic mass is 10.1. The van der Waals surface area contributed by atoms with E-state index < -0.39 is 0 Å². The van der Waals surface area contributed by atoms with E-state index in [0.29, 0.717) is 23.7 Å². The van der Waals surface area contributed by atoms with Gasteiger partial charge in [0.05, 0.1) is 12.8 Å². The second-order valence-corrected chi connectivity index (χ2v) is 6.03. The number of nitrogens with one attached hydrogen (secondary N) is 2. The van der Waals surface area contributed by atoms with E-state index in [9.17, 15) is 4.79 Å². The van der Waals surface area contributed by atoms with Gasteiger partial charge in [0.2, 0.25) is 5.91 Å². The zero-order chi connectivity index (χ0) is 17.6. The van der Waals surface area contributed by atoms with Crippen LogP contribution in [0.15, 0.2) is 60.7 Å². The van der Waals surface area contributed by atoms with E-state index in [1.54, 1.807) is 25.3 Å². The topological polar surface area (TPSA) is 50.4 Å². The average molecular weight is 355 g/mol. The molecule has 3 rings (SSSR count). The minimum Gasteiger partial charge on any atom is -0.495 e. The number of benzene rings is 3. The minimum absolute atomic E-state index is 0.0511. The second kappa shape index (κ2) is 7.90. The molecule has 0 saturated heterocycles. The van der Waals surface area contributed by atoms with Crippen molar-refractivity contribution >= 4 is 39.7 Å². The molecule has 3 aromatic carbocycles. The zero-order valence-electron chi connectivity index (χ0n) is 13.9. The maximum Gasteiger partial charge on any atom is 0.226 e. The Morgan fingerprint density at radius 2 is 1.84 bits per heavy atom. The van der Waals surface area contributed by atoms with Gasteiger partial charge in [0, 0.05) is 29.1 Å².